The van der Waals surface area contributed by atoms with Gasteiger partial charge in [-0.15, -0.1) is 11.3 Å². The highest BCUT2D eigenvalue weighted by molar-refractivity contribution is 7.13. The van der Waals surface area contributed by atoms with E-state index in [1.807, 2.05) is 11.4 Å². The summed E-state index contributed by atoms with van der Waals surface area (Å²) >= 11 is 1.56. The van der Waals surface area contributed by atoms with E-state index in [-0.39, 0.29) is 5.54 Å². The summed E-state index contributed by atoms with van der Waals surface area (Å²) in [5, 5.41) is 5.31. The highest BCUT2D eigenvalue weighted by Gasteiger charge is 2.12. The van der Waals surface area contributed by atoms with E-state index in [0.717, 1.165) is 16.3 Å². The lowest BCUT2D eigenvalue weighted by Gasteiger charge is -2.19. The van der Waals surface area contributed by atoms with Crippen molar-refractivity contribution in [3.63, 3.8) is 0 Å². The predicted molar refractivity (Wildman–Crippen MR) is 73.0 cm³/mol. The Labute approximate surface area is 111 Å². The number of aromatic nitrogens is 1. The second kappa shape index (κ2) is 5.12. The predicted octanol–water partition coefficient (Wildman–Crippen LogP) is 3.30. The summed E-state index contributed by atoms with van der Waals surface area (Å²) in [4.78, 5) is 5.44. The van der Waals surface area contributed by atoms with E-state index in [1.165, 1.54) is 0 Å². The van der Waals surface area contributed by atoms with Gasteiger partial charge in [0.15, 0.2) is 0 Å². The van der Waals surface area contributed by atoms with Crippen LogP contribution in [0.25, 0.3) is 10.8 Å². The number of nitrogens with zero attached hydrogens (tertiary/aromatic N) is 1. The Balaban J connectivity index is 2.06. The molecular formula is C13H18N2O2S. The molecule has 1 N–H and O–H groups in total. The molecule has 0 unspecified atom stereocenters. The van der Waals surface area contributed by atoms with Crippen molar-refractivity contribution in [1.29, 1.82) is 0 Å². The molecule has 0 atom stereocenters. The van der Waals surface area contributed by atoms with Gasteiger partial charge < -0.3 is 14.5 Å². The Morgan fingerprint density at radius 2 is 2.22 bits per heavy atom. The average molecular weight is 266 g/mol. The SMILES string of the molecule is COc1csc(-c2nc(CNC(C)(C)C)co2)c1. The second-order valence-electron chi connectivity index (χ2n) is 5.10. The maximum Gasteiger partial charge on any atom is 0.236 e. The highest BCUT2D eigenvalue weighted by atomic mass is 32.1. The first kappa shape index (κ1) is 13.1. The monoisotopic (exact) mass is 266 g/mol. The third kappa shape index (κ3) is 3.34. The third-order valence-corrected chi connectivity index (χ3v) is 3.27. The van der Waals surface area contributed by atoms with Crippen LogP contribution in [-0.4, -0.2) is 17.6 Å². The van der Waals surface area contributed by atoms with Crippen molar-refractivity contribution in [3.8, 4) is 16.5 Å². The van der Waals surface area contributed by atoms with Crippen molar-refractivity contribution in [2.24, 2.45) is 0 Å². The molecule has 98 valence electrons. The number of hydrogen-bond acceptors (Lipinski definition) is 5. The zero-order chi connectivity index (χ0) is 13.2. The normalized spacial score (nSPS) is 11.8. The second-order valence-corrected chi connectivity index (χ2v) is 6.01. The molecule has 0 aliphatic carbocycles. The van der Waals surface area contributed by atoms with E-state index in [1.54, 1.807) is 24.7 Å². The van der Waals surface area contributed by atoms with Crippen LogP contribution in [0.15, 0.2) is 22.1 Å². The summed E-state index contributed by atoms with van der Waals surface area (Å²) in [5.74, 6) is 1.48. The van der Waals surface area contributed by atoms with Gasteiger partial charge in [0.05, 0.1) is 17.7 Å². The lowest BCUT2D eigenvalue weighted by molar-refractivity contribution is 0.416. The molecule has 2 aromatic rings. The topological polar surface area (TPSA) is 47.3 Å². The molecular weight excluding hydrogens is 248 g/mol. The minimum Gasteiger partial charge on any atom is -0.496 e. The van der Waals surface area contributed by atoms with Gasteiger partial charge >= 0.3 is 0 Å². The smallest absolute Gasteiger partial charge is 0.236 e. The molecule has 0 radical (unpaired) electrons. The lowest BCUT2D eigenvalue weighted by Crippen LogP contribution is -2.35. The third-order valence-electron chi connectivity index (χ3n) is 2.37. The summed E-state index contributed by atoms with van der Waals surface area (Å²) in [5.41, 5.74) is 0.984. The number of rotatable bonds is 4. The van der Waals surface area contributed by atoms with Crippen molar-refractivity contribution < 1.29 is 9.15 Å². The Hall–Kier alpha value is -1.33. The number of nitrogens with one attached hydrogen (secondary N) is 1. The van der Waals surface area contributed by atoms with Gasteiger partial charge in [-0.3, -0.25) is 0 Å². The van der Waals surface area contributed by atoms with Gasteiger partial charge in [-0.25, -0.2) is 4.98 Å². The van der Waals surface area contributed by atoms with Crippen LogP contribution in [0.3, 0.4) is 0 Å². The minimum atomic E-state index is 0.0747. The molecule has 2 rings (SSSR count). The Morgan fingerprint density at radius 3 is 2.83 bits per heavy atom. The van der Waals surface area contributed by atoms with E-state index in [0.29, 0.717) is 12.4 Å². The first-order valence-corrected chi connectivity index (χ1v) is 6.68. The van der Waals surface area contributed by atoms with Crippen LogP contribution in [0.1, 0.15) is 26.5 Å². The molecule has 18 heavy (non-hydrogen) atoms. The molecule has 0 bridgehead atoms. The zero-order valence-electron chi connectivity index (χ0n) is 11.1. The van der Waals surface area contributed by atoms with E-state index < -0.39 is 0 Å². The molecule has 2 aromatic heterocycles. The molecule has 0 saturated heterocycles. The Morgan fingerprint density at radius 1 is 1.44 bits per heavy atom. The summed E-state index contributed by atoms with van der Waals surface area (Å²) in [6.07, 6.45) is 1.69. The van der Waals surface area contributed by atoms with Gasteiger partial charge in [-0.1, -0.05) is 0 Å². The number of methoxy groups -OCH3 is 1. The lowest BCUT2D eigenvalue weighted by atomic mass is 10.1. The molecule has 0 amide bonds. The van der Waals surface area contributed by atoms with Crippen molar-refractivity contribution in [2.45, 2.75) is 32.9 Å². The fourth-order valence-electron chi connectivity index (χ4n) is 1.40. The van der Waals surface area contributed by atoms with Crippen molar-refractivity contribution >= 4 is 11.3 Å². The quantitative estimate of drug-likeness (QED) is 0.922. The van der Waals surface area contributed by atoms with Gasteiger partial charge in [0.1, 0.15) is 12.0 Å². The molecule has 2 heterocycles. The zero-order valence-corrected chi connectivity index (χ0v) is 11.9. The number of oxazole rings is 1. The molecule has 0 aliphatic rings. The molecule has 0 aliphatic heterocycles. The van der Waals surface area contributed by atoms with E-state index in [2.05, 4.69) is 31.1 Å². The fourth-order valence-corrected chi connectivity index (χ4v) is 2.18. The van der Waals surface area contributed by atoms with Crippen molar-refractivity contribution in [1.82, 2.24) is 10.3 Å². The van der Waals surface area contributed by atoms with Gasteiger partial charge in [-0.05, 0) is 20.8 Å². The minimum absolute atomic E-state index is 0.0747. The van der Waals surface area contributed by atoms with Gasteiger partial charge in [-0.2, -0.15) is 0 Å². The average Bonchev–Trinajstić information content (AvgIpc) is 2.94. The van der Waals surface area contributed by atoms with Crippen LogP contribution in [0.4, 0.5) is 0 Å². The van der Waals surface area contributed by atoms with Crippen molar-refractivity contribution in [2.75, 3.05) is 7.11 Å². The summed E-state index contributed by atoms with van der Waals surface area (Å²) in [7, 11) is 1.65. The van der Waals surface area contributed by atoms with Crippen LogP contribution in [-0.2, 0) is 6.54 Å². The van der Waals surface area contributed by atoms with Gasteiger partial charge in [0.2, 0.25) is 5.89 Å². The standard InChI is InChI=1S/C13H18N2O2S/c1-13(2,3)14-6-9-7-17-12(15-9)11-5-10(16-4)8-18-11/h5,7-8,14H,6H2,1-4H3. The van der Waals surface area contributed by atoms with E-state index >= 15 is 0 Å². The summed E-state index contributed by atoms with van der Waals surface area (Å²) in [6.45, 7) is 7.07. The molecule has 4 nitrogen and oxygen atoms in total. The van der Waals surface area contributed by atoms with E-state index in [4.69, 9.17) is 9.15 Å². The van der Waals surface area contributed by atoms with Crippen LogP contribution in [0.2, 0.25) is 0 Å². The van der Waals surface area contributed by atoms with Gasteiger partial charge in [0, 0.05) is 23.5 Å². The molecule has 0 aromatic carbocycles. The highest BCUT2D eigenvalue weighted by Crippen LogP contribution is 2.30. The van der Waals surface area contributed by atoms with Crippen molar-refractivity contribution in [3.05, 3.63) is 23.4 Å². The molecule has 0 saturated carbocycles. The van der Waals surface area contributed by atoms with Gasteiger partial charge in [0.25, 0.3) is 0 Å². The first-order valence-electron chi connectivity index (χ1n) is 5.80. The number of hydrogen-bond donors (Lipinski definition) is 1. The van der Waals surface area contributed by atoms with Crippen LogP contribution >= 0.6 is 11.3 Å². The largest absolute Gasteiger partial charge is 0.496 e. The Kier molecular flexibility index (Phi) is 3.73. The summed E-state index contributed by atoms with van der Waals surface area (Å²) < 4.78 is 10.6. The maximum atomic E-state index is 5.48. The molecule has 0 spiro atoms. The van der Waals surface area contributed by atoms with Crippen LogP contribution < -0.4 is 10.1 Å². The Bertz CT molecular complexity index is 511. The van der Waals surface area contributed by atoms with Crippen LogP contribution in [0, 0.1) is 0 Å². The summed E-state index contributed by atoms with van der Waals surface area (Å²) in [6, 6.07) is 1.93. The molecule has 0 fully saturated rings. The van der Waals surface area contributed by atoms with Crippen LogP contribution in [0.5, 0.6) is 5.75 Å². The molecule has 5 heteroatoms. The fraction of sp³-hybridized carbons (Fsp3) is 0.462. The maximum absolute atomic E-state index is 5.48. The number of ether oxygens (including phenoxy) is 1. The first-order chi connectivity index (χ1) is 8.48. The number of thiophene rings is 1. The van der Waals surface area contributed by atoms with E-state index in [9.17, 15) is 0 Å².